The maximum atomic E-state index is 10.8. The standard InChI is InChI=1S/C8H11ClO/c9-8(10)7-4-5-1-2-6(7)3-5/h5-7H,1-4H2/t5-,6-,7-/m0/s1. The van der Waals surface area contributed by atoms with E-state index in [1.54, 1.807) is 0 Å². The zero-order chi connectivity index (χ0) is 7.14. The van der Waals surface area contributed by atoms with E-state index in [1.807, 2.05) is 0 Å². The fraction of sp³-hybridized carbons (Fsp3) is 0.875. The minimum absolute atomic E-state index is 0.0906. The summed E-state index contributed by atoms with van der Waals surface area (Å²) in [6.45, 7) is 0. The zero-order valence-electron chi connectivity index (χ0n) is 5.85. The van der Waals surface area contributed by atoms with Gasteiger partial charge in [0.05, 0.1) is 0 Å². The van der Waals surface area contributed by atoms with E-state index in [0.29, 0.717) is 5.92 Å². The first kappa shape index (κ1) is 6.66. The maximum absolute atomic E-state index is 10.8. The molecule has 3 atom stereocenters. The summed E-state index contributed by atoms with van der Waals surface area (Å²) >= 11 is 5.44. The summed E-state index contributed by atoms with van der Waals surface area (Å²) in [6, 6.07) is 0. The molecule has 0 saturated heterocycles. The Balaban J connectivity index is 2.08. The van der Waals surface area contributed by atoms with Crippen molar-refractivity contribution in [2.45, 2.75) is 25.7 Å². The van der Waals surface area contributed by atoms with Crippen molar-refractivity contribution in [3.63, 3.8) is 0 Å². The number of carbonyl (C=O) groups is 1. The minimum atomic E-state index is -0.0906. The summed E-state index contributed by atoms with van der Waals surface area (Å²) in [4.78, 5) is 10.8. The fourth-order valence-electron chi connectivity index (χ4n) is 2.52. The molecule has 0 aromatic carbocycles. The van der Waals surface area contributed by atoms with Crippen LogP contribution in [0.25, 0.3) is 0 Å². The van der Waals surface area contributed by atoms with Crippen LogP contribution in [0.4, 0.5) is 0 Å². The topological polar surface area (TPSA) is 17.1 Å². The maximum Gasteiger partial charge on any atom is 0.225 e. The lowest BCUT2D eigenvalue weighted by Gasteiger charge is -2.16. The van der Waals surface area contributed by atoms with Crippen LogP contribution in [0.3, 0.4) is 0 Å². The lowest BCUT2D eigenvalue weighted by Crippen LogP contribution is -2.16. The molecule has 0 N–H and O–H groups in total. The van der Waals surface area contributed by atoms with Gasteiger partial charge in [-0.25, -0.2) is 0 Å². The van der Waals surface area contributed by atoms with E-state index >= 15 is 0 Å². The molecule has 0 heterocycles. The highest BCUT2D eigenvalue weighted by Gasteiger charge is 2.42. The van der Waals surface area contributed by atoms with Crippen LogP contribution in [0, 0.1) is 17.8 Å². The van der Waals surface area contributed by atoms with Crippen molar-refractivity contribution in [3.05, 3.63) is 0 Å². The zero-order valence-corrected chi connectivity index (χ0v) is 6.60. The highest BCUT2D eigenvalue weighted by Crippen LogP contribution is 2.48. The highest BCUT2D eigenvalue weighted by atomic mass is 35.5. The van der Waals surface area contributed by atoms with Gasteiger partial charge in [-0.3, -0.25) is 4.79 Å². The van der Waals surface area contributed by atoms with Gasteiger partial charge in [-0.2, -0.15) is 0 Å². The van der Waals surface area contributed by atoms with E-state index < -0.39 is 0 Å². The van der Waals surface area contributed by atoms with Gasteiger partial charge < -0.3 is 0 Å². The molecule has 2 heteroatoms. The van der Waals surface area contributed by atoms with Crippen LogP contribution in [-0.4, -0.2) is 5.24 Å². The number of rotatable bonds is 1. The molecule has 0 radical (unpaired) electrons. The summed E-state index contributed by atoms with van der Waals surface area (Å²) in [7, 11) is 0. The first-order chi connectivity index (χ1) is 4.77. The van der Waals surface area contributed by atoms with E-state index in [4.69, 9.17) is 11.6 Å². The van der Waals surface area contributed by atoms with Crippen molar-refractivity contribution in [2.24, 2.45) is 17.8 Å². The fourth-order valence-corrected chi connectivity index (χ4v) is 2.79. The van der Waals surface area contributed by atoms with Crippen LogP contribution >= 0.6 is 11.6 Å². The van der Waals surface area contributed by atoms with Crippen LogP contribution in [0.15, 0.2) is 0 Å². The molecule has 2 bridgehead atoms. The first-order valence-corrected chi connectivity index (χ1v) is 4.34. The van der Waals surface area contributed by atoms with Crippen molar-refractivity contribution in [1.82, 2.24) is 0 Å². The largest absolute Gasteiger partial charge is 0.281 e. The molecule has 2 rings (SSSR count). The Morgan fingerprint density at radius 3 is 2.40 bits per heavy atom. The lowest BCUT2D eigenvalue weighted by molar-refractivity contribution is -0.116. The molecule has 2 saturated carbocycles. The third kappa shape index (κ3) is 0.878. The van der Waals surface area contributed by atoms with Crippen molar-refractivity contribution >= 4 is 16.8 Å². The molecular formula is C8H11ClO. The molecule has 0 amide bonds. The predicted octanol–water partition coefficient (Wildman–Crippen LogP) is 2.19. The van der Waals surface area contributed by atoms with Crippen molar-refractivity contribution in [2.75, 3.05) is 0 Å². The van der Waals surface area contributed by atoms with Gasteiger partial charge in [0.25, 0.3) is 0 Å². The first-order valence-electron chi connectivity index (χ1n) is 3.96. The van der Waals surface area contributed by atoms with Gasteiger partial charge in [-0.05, 0) is 42.7 Å². The molecule has 0 aromatic rings. The Morgan fingerprint density at radius 1 is 1.30 bits per heavy atom. The third-order valence-electron chi connectivity index (χ3n) is 3.03. The number of fused-ring (bicyclic) bond motifs is 2. The van der Waals surface area contributed by atoms with E-state index in [1.165, 1.54) is 19.3 Å². The second-order valence-electron chi connectivity index (χ2n) is 3.59. The van der Waals surface area contributed by atoms with Gasteiger partial charge in [0, 0.05) is 5.92 Å². The monoisotopic (exact) mass is 158 g/mol. The molecule has 0 unspecified atom stereocenters. The van der Waals surface area contributed by atoms with Gasteiger partial charge in [0.1, 0.15) is 0 Å². The van der Waals surface area contributed by atoms with Gasteiger partial charge in [0.2, 0.25) is 5.24 Å². The molecule has 2 aliphatic rings. The Morgan fingerprint density at radius 2 is 2.10 bits per heavy atom. The van der Waals surface area contributed by atoms with Gasteiger partial charge in [-0.1, -0.05) is 6.42 Å². The Hall–Kier alpha value is -0.0400. The Kier molecular flexibility index (Phi) is 1.48. The van der Waals surface area contributed by atoms with E-state index in [0.717, 1.165) is 12.3 Å². The van der Waals surface area contributed by atoms with Gasteiger partial charge in [0.15, 0.2) is 0 Å². The van der Waals surface area contributed by atoms with Crippen LogP contribution in [0.5, 0.6) is 0 Å². The number of carbonyl (C=O) groups excluding carboxylic acids is 1. The van der Waals surface area contributed by atoms with Crippen LogP contribution in [0.2, 0.25) is 0 Å². The van der Waals surface area contributed by atoms with E-state index in [-0.39, 0.29) is 11.2 Å². The van der Waals surface area contributed by atoms with Crippen molar-refractivity contribution < 1.29 is 4.79 Å². The average Bonchev–Trinajstić information content (AvgIpc) is 2.44. The average molecular weight is 159 g/mol. The molecule has 56 valence electrons. The van der Waals surface area contributed by atoms with Gasteiger partial charge >= 0.3 is 0 Å². The lowest BCUT2D eigenvalue weighted by atomic mass is 9.90. The molecule has 0 aliphatic heterocycles. The molecule has 0 aromatic heterocycles. The van der Waals surface area contributed by atoms with Crippen molar-refractivity contribution in [1.29, 1.82) is 0 Å². The minimum Gasteiger partial charge on any atom is -0.281 e. The van der Waals surface area contributed by atoms with Crippen LogP contribution in [-0.2, 0) is 4.79 Å². The molecule has 10 heavy (non-hydrogen) atoms. The Labute approximate surface area is 65.7 Å². The summed E-state index contributed by atoms with van der Waals surface area (Å²) in [6.07, 6.45) is 4.93. The quantitative estimate of drug-likeness (QED) is 0.535. The van der Waals surface area contributed by atoms with Crippen LogP contribution < -0.4 is 0 Å². The Bertz CT molecular complexity index is 167. The molecule has 2 fully saturated rings. The normalized spacial score (nSPS) is 44.3. The predicted molar refractivity (Wildman–Crippen MR) is 39.8 cm³/mol. The number of hydrogen-bond donors (Lipinski definition) is 0. The summed E-state index contributed by atoms with van der Waals surface area (Å²) in [5.41, 5.74) is 0. The molecule has 0 spiro atoms. The second-order valence-corrected chi connectivity index (χ2v) is 3.96. The molecule has 2 aliphatic carbocycles. The van der Waals surface area contributed by atoms with E-state index in [9.17, 15) is 4.79 Å². The second kappa shape index (κ2) is 2.23. The number of halogens is 1. The van der Waals surface area contributed by atoms with Crippen molar-refractivity contribution in [3.8, 4) is 0 Å². The summed E-state index contributed by atoms with van der Waals surface area (Å²) in [5, 5.41) is -0.0906. The van der Waals surface area contributed by atoms with E-state index in [2.05, 4.69) is 0 Å². The SMILES string of the molecule is O=C(Cl)[C@H]1C[C@H]2CC[C@H]1C2. The molecular weight excluding hydrogens is 148 g/mol. The van der Waals surface area contributed by atoms with Crippen LogP contribution in [0.1, 0.15) is 25.7 Å². The van der Waals surface area contributed by atoms with Gasteiger partial charge in [-0.15, -0.1) is 0 Å². The summed E-state index contributed by atoms with van der Waals surface area (Å²) < 4.78 is 0. The summed E-state index contributed by atoms with van der Waals surface area (Å²) in [5.74, 6) is 1.70. The number of hydrogen-bond acceptors (Lipinski definition) is 1. The highest BCUT2D eigenvalue weighted by molar-refractivity contribution is 6.64. The smallest absolute Gasteiger partial charge is 0.225 e. The molecule has 1 nitrogen and oxygen atoms in total. The third-order valence-corrected chi connectivity index (χ3v) is 3.31.